The number of hydrogen-bond donors (Lipinski definition) is 3. The number of para-hydroxylation sites is 1. The van der Waals surface area contributed by atoms with Gasteiger partial charge in [-0.25, -0.2) is 15.0 Å². The van der Waals surface area contributed by atoms with E-state index in [1.54, 1.807) is 54.5 Å². The van der Waals surface area contributed by atoms with Crippen molar-refractivity contribution < 1.29 is 44.8 Å². The molecule has 1 atom stereocenters. The Morgan fingerprint density at radius 3 is 2.17 bits per heavy atom. The fraction of sp³-hybridized carbons (Fsp3) is 0.560. The summed E-state index contributed by atoms with van der Waals surface area (Å²) in [5.41, 5.74) is -1.25. The van der Waals surface area contributed by atoms with Gasteiger partial charge in [-0.2, -0.15) is 21.6 Å². The lowest BCUT2D eigenvalue weighted by molar-refractivity contribution is -0.0499. The second-order valence-corrected chi connectivity index (χ2v) is 12.5. The molecule has 1 aromatic heterocycles. The lowest BCUT2D eigenvalue weighted by Crippen LogP contribution is -2.42. The van der Waals surface area contributed by atoms with Gasteiger partial charge < -0.3 is 19.0 Å². The van der Waals surface area contributed by atoms with Gasteiger partial charge in [0.1, 0.15) is 11.2 Å². The highest BCUT2D eigenvalue weighted by molar-refractivity contribution is 7.88. The number of halogens is 3. The number of hydrogen-bond acceptors (Lipinski definition) is 9. The van der Waals surface area contributed by atoms with Gasteiger partial charge in [0.15, 0.2) is 5.75 Å². The summed E-state index contributed by atoms with van der Waals surface area (Å²) in [5, 5.41) is 2.48. The second kappa shape index (κ2) is 12.5. The van der Waals surface area contributed by atoms with Gasteiger partial charge in [-0.05, 0) is 65.5 Å². The number of carbonyl (C=O) groups is 2. The lowest BCUT2D eigenvalue weighted by atomic mass is 9.96. The summed E-state index contributed by atoms with van der Waals surface area (Å²) in [5.74, 6) is -0.903. The van der Waals surface area contributed by atoms with Crippen molar-refractivity contribution in [2.24, 2.45) is 0 Å². The van der Waals surface area contributed by atoms with Crippen LogP contribution in [0.15, 0.2) is 24.4 Å². The van der Waals surface area contributed by atoms with Crippen molar-refractivity contribution in [3.63, 3.8) is 0 Å². The zero-order valence-electron chi connectivity index (χ0n) is 23.4. The van der Waals surface area contributed by atoms with E-state index < -0.39 is 44.8 Å². The first-order chi connectivity index (χ1) is 18.2. The smallest absolute Gasteiger partial charge is 0.444 e. The number of alkyl halides is 3. The van der Waals surface area contributed by atoms with Crippen LogP contribution < -0.4 is 20.4 Å². The molecule has 2 amide bonds. The fourth-order valence-corrected chi connectivity index (χ4v) is 3.91. The number of ether oxygens (including phenoxy) is 2. The molecule has 0 saturated heterocycles. The molecule has 0 aliphatic heterocycles. The molecule has 3 N–H and O–H groups in total. The van der Waals surface area contributed by atoms with Gasteiger partial charge in [0, 0.05) is 30.2 Å². The van der Waals surface area contributed by atoms with E-state index in [0.717, 1.165) is 0 Å². The maximum absolute atomic E-state index is 13.2. The minimum Gasteiger partial charge on any atom is -0.444 e. The monoisotopic (exact) mass is 592 g/mol. The molecule has 0 aliphatic carbocycles. The Morgan fingerprint density at radius 2 is 1.60 bits per heavy atom. The van der Waals surface area contributed by atoms with E-state index in [1.165, 1.54) is 18.3 Å². The van der Waals surface area contributed by atoms with Crippen LogP contribution in [0.25, 0.3) is 10.9 Å². The summed E-state index contributed by atoms with van der Waals surface area (Å²) in [4.78, 5) is 28.2. The minimum absolute atomic E-state index is 0.0194. The molecule has 224 valence electrons. The number of hydrazine groups is 1. The number of aromatic nitrogens is 1. The van der Waals surface area contributed by atoms with Crippen LogP contribution in [-0.2, 0) is 26.0 Å². The third-order valence-corrected chi connectivity index (χ3v) is 5.97. The number of nitrogens with one attached hydrogen (secondary N) is 3. The Balaban J connectivity index is 2.36. The molecule has 0 fully saturated rings. The molecule has 15 heteroatoms. The molecule has 1 heterocycles. The minimum atomic E-state index is -6.02. The molecular weight excluding hydrogens is 557 g/mol. The van der Waals surface area contributed by atoms with Crippen LogP contribution in [0.5, 0.6) is 5.75 Å². The van der Waals surface area contributed by atoms with Crippen molar-refractivity contribution in [1.82, 2.24) is 21.2 Å². The molecule has 1 unspecified atom stereocenters. The van der Waals surface area contributed by atoms with Crippen molar-refractivity contribution in [3.8, 4) is 5.75 Å². The number of fused-ring (bicyclic) bond motifs is 1. The molecule has 0 saturated carbocycles. The van der Waals surface area contributed by atoms with Crippen molar-refractivity contribution >= 4 is 33.2 Å². The SMILES string of the molecule is CC(CNNC(=O)OC(C)(C)C)c1cccc2c(OS(=O)(=O)C(F)(F)F)c(CCNC(=O)OC(C)(C)C)cnc12. The largest absolute Gasteiger partial charge is 0.534 e. The number of benzene rings is 1. The lowest BCUT2D eigenvalue weighted by Gasteiger charge is -2.21. The number of rotatable bonds is 9. The Morgan fingerprint density at radius 1 is 1.00 bits per heavy atom. The summed E-state index contributed by atoms with van der Waals surface area (Å²) in [6.07, 6.45) is -0.363. The van der Waals surface area contributed by atoms with Crippen molar-refractivity contribution in [3.05, 3.63) is 35.5 Å². The first-order valence-corrected chi connectivity index (χ1v) is 13.7. The van der Waals surface area contributed by atoms with E-state index in [0.29, 0.717) is 5.56 Å². The maximum Gasteiger partial charge on any atom is 0.534 e. The molecule has 11 nitrogen and oxygen atoms in total. The predicted molar refractivity (Wildman–Crippen MR) is 141 cm³/mol. The van der Waals surface area contributed by atoms with Gasteiger partial charge >= 0.3 is 27.8 Å². The summed E-state index contributed by atoms with van der Waals surface area (Å²) in [6, 6.07) is 4.57. The third-order valence-electron chi connectivity index (χ3n) is 5.02. The van der Waals surface area contributed by atoms with Gasteiger partial charge in [-0.15, -0.1) is 0 Å². The van der Waals surface area contributed by atoms with Crippen LogP contribution >= 0.6 is 0 Å². The Labute approximate surface area is 231 Å². The van der Waals surface area contributed by atoms with Crippen LogP contribution in [0, 0.1) is 0 Å². The van der Waals surface area contributed by atoms with Crippen molar-refractivity contribution in [2.45, 2.75) is 77.5 Å². The Kier molecular flexibility index (Phi) is 10.2. The van der Waals surface area contributed by atoms with Crippen molar-refractivity contribution in [1.29, 1.82) is 0 Å². The van der Waals surface area contributed by atoms with Gasteiger partial charge in [0.05, 0.1) is 5.52 Å². The molecule has 40 heavy (non-hydrogen) atoms. The predicted octanol–water partition coefficient (Wildman–Crippen LogP) is 4.66. The Bertz CT molecular complexity index is 1320. The maximum atomic E-state index is 13.2. The highest BCUT2D eigenvalue weighted by Gasteiger charge is 2.49. The van der Waals surface area contributed by atoms with Crippen LogP contribution in [0.2, 0.25) is 0 Å². The average Bonchev–Trinajstić information content (AvgIpc) is 2.76. The van der Waals surface area contributed by atoms with Crippen LogP contribution in [0.4, 0.5) is 22.8 Å². The van der Waals surface area contributed by atoms with E-state index in [2.05, 4.69) is 25.3 Å². The van der Waals surface area contributed by atoms with E-state index in [1.807, 2.05) is 0 Å². The molecule has 2 rings (SSSR count). The molecule has 0 radical (unpaired) electrons. The summed E-state index contributed by atoms with van der Waals surface area (Å²) in [7, 11) is -6.02. The normalized spacial score (nSPS) is 13.4. The molecule has 0 aliphatic rings. The number of amides is 2. The van der Waals surface area contributed by atoms with Crippen LogP contribution in [-0.4, -0.2) is 55.4 Å². The average molecular weight is 593 g/mol. The van der Waals surface area contributed by atoms with Crippen LogP contribution in [0.3, 0.4) is 0 Å². The second-order valence-electron chi connectivity index (χ2n) is 10.9. The first kappa shape index (κ1) is 32.9. The fourth-order valence-electron chi connectivity index (χ4n) is 3.40. The quantitative estimate of drug-likeness (QED) is 0.215. The van der Waals surface area contributed by atoms with Gasteiger partial charge in [-0.1, -0.05) is 19.1 Å². The zero-order valence-corrected chi connectivity index (χ0v) is 24.2. The highest BCUT2D eigenvalue weighted by Crippen LogP contribution is 2.36. The van der Waals surface area contributed by atoms with E-state index >= 15 is 0 Å². The molecule has 0 spiro atoms. The molecular formula is C25H35F3N4O7S. The number of nitrogens with zero attached hydrogens (tertiary/aromatic N) is 1. The van der Waals surface area contributed by atoms with Crippen molar-refractivity contribution in [2.75, 3.05) is 13.1 Å². The molecule has 1 aromatic carbocycles. The zero-order chi connectivity index (χ0) is 30.5. The van der Waals surface area contributed by atoms with E-state index in [4.69, 9.17) is 9.47 Å². The van der Waals surface area contributed by atoms with Gasteiger partial charge in [0.2, 0.25) is 0 Å². The highest BCUT2D eigenvalue weighted by atomic mass is 32.2. The number of carbonyl (C=O) groups excluding carboxylic acids is 2. The standard InChI is InChI=1S/C25H35F3N4O7S/c1-15(13-31-32-22(34)38-24(5,6)7)17-9-8-10-18-19(17)30-14-16(11-12-29-21(33)37-23(2,3)4)20(18)39-40(35,36)25(26,27)28/h8-10,14-15,31H,11-13H2,1-7H3,(H,29,33)(H,32,34). The third kappa shape index (κ3) is 9.70. The van der Waals surface area contributed by atoms with Crippen LogP contribution in [0.1, 0.15) is 65.5 Å². The summed E-state index contributed by atoms with van der Waals surface area (Å²) in [6.45, 7) is 12.0. The van der Waals surface area contributed by atoms with E-state index in [9.17, 15) is 31.2 Å². The first-order valence-electron chi connectivity index (χ1n) is 12.3. The Hall–Kier alpha value is -3.33. The van der Waals surface area contributed by atoms with E-state index in [-0.39, 0.29) is 41.9 Å². The summed E-state index contributed by atoms with van der Waals surface area (Å²) >= 11 is 0. The van der Waals surface area contributed by atoms with Gasteiger partial charge in [0.25, 0.3) is 0 Å². The molecule has 0 bridgehead atoms. The number of pyridine rings is 1. The van der Waals surface area contributed by atoms with Gasteiger partial charge in [-0.3, -0.25) is 10.4 Å². The number of alkyl carbamates (subject to hydrolysis) is 1. The summed E-state index contributed by atoms with van der Waals surface area (Å²) < 4.78 is 78.5. The topological polar surface area (TPSA) is 145 Å². The molecule has 2 aromatic rings.